The predicted molar refractivity (Wildman–Crippen MR) is 175 cm³/mol. The molecule has 3 fully saturated rings. The zero-order valence-corrected chi connectivity index (χ0v) is 29.8. The van der Waals surface area contributed by atoms with E-state index in [4.69, 9.17) is 18.9 Å². The third-order valence-electron chi connectivity index (χ3n) is 11.3. The van der Waals surface area contributed by atoms with E-state index < -0.39 is 86.8 Å². The van der Waals surface area contributed by atoms with Gasteiger partial charge in [-0.1, -0.05) is 59.6 Å². The van der Waals surface area contributed by atoms with Crippen molar-refractivity contribution in [3.05, 3.63) is 11.6 Å². The lowest BCUT2D eigenvalue weighted by Crippen LogP contribution is -2.62. The van der Waals surface area contributed by atoms with Gasteiger partial charge in [-0.25, -0.2) is 0 Å². The Bertz CT molecular complexity index is 1000. The zero-order chi connectivity index (χ0) is 36.1. The Morgan fingerprint density at radius 1 is 0.854 bits per heavy atom. The van der Waals surface area contributed by atoms with E-state index in [9.17, 15) is 46.0 Å². The van der Waals surface area contributed by atoms with Crippen LogP contribution in [0, 0.1) is 22.7 Å². The average Bonchev–Trinajstić information content (AvgIpc) is 3.04. The van der Waals surface area contributed by atoms with E-state index >= 15 is 0 Å². The summed E-state index contributed by atoms with van der Waals surface area (Å²) in [6, 6.07) is 0. The summed E-state index contributed by atoms with van der Waals surface area (Å²) in [5.41, 5.74) is 0.831. The maximum Gasteiger partial charge on any atom is 0.186 e. The molecule has 0 aromatic heterocycles. The Labute approximate surface area is 285 Å². The van der Waals surface area contributed by atoms with Gasteiger partial charge in [-0.2, -0.15) is 0 Å². The molecule has 48 heavy (non-hydrogen) atoms. The average molecular weight is 693 g/mol. The van der Waals surface area contributed by atoms with Gasteiger partial charge in [0.15, 0.2) is 12.6 Å². The van der Waals surface area contributed by atoms with Crippen molar-refractivity contribution < 1.29 is 64.9 Å². The fraction of sp³-hybridized carbons (Fsp3) is 0.943. The predicted octanol–water partition coefficient (Wildman–Crippen LogP) is 0.733. The minimum absolute atomic E-state index is 0.0621. The first-order valence-corrected chi connectivity index (χ1v) is 17.7. The molecule has 282 valence electrons. The highest BCUT2D eigenvalue weighted by Gasteiger charge is 2.48. The van der Waals surface area contributed by atoms with Crippen molar-refractivity contribution in [1.82, 2.24) is 0 Å². The van der Waals surface area contributed by atoms with Gasteiger partial charge in [-0.05, 0) is 68.1 Å². The largest absolute Gasteiger partial charge is 0.394 e. The van der Waals surface area contributed by atoms with Crippen LogP contribution < -0.4 is 0 Å². The fourth-order valence-electron chi connectivity index (χ4n) is 7.52. The zero-order valence-electron chi connectivity index (χ0n) is 29.8. The first kappa shape index (κ1) is 41.6. The Balaban J connectivity index is 1.58. The maximum atomic E-state index is 10.7. The molecule has 1 aliphatic carbocycles. The van der Waals surface area contributed by atoms with Crippen molar-refractivity contribution >= 4 is 0 Å². The quantitative estimate of drug-likeness (QED) is 0.108. The molecule has 3 aliphatic rings. The second-order valence-corrected chi connectivity index (χ2v) is 15.7. The SMILES string of the molecule is CCC(C/C=C(\C)C1C[C@@H](O)[C@H](O)C(C)(C)C1)C(C)(C)CC[C@@H](CC)O[C@@H]1OC(CO[C@@H]2OC(CO)[C@@H](O)C(O)C2O)[C@@H](O)C(O)C1O. The summed E-state index contributed by atoms with van der Waals surface area (Å²) in [5, 5.41) is 92.5. The van der Waals surface area contributed by atoms with Gasteiger partial charge in [0.05, 0.1) is 31.5 Å². The third-order valence-corrected chi connectivity index (χ3v) is 11.3. The molecular formula is C35H64O13. The Morgan fingerprint density at radius 2 is 1.44 bits per heavy atom. The van der Waals surface area contributed by atoms with E-state index in [0.717, 1.165) is 25.7 Å². The normalized spacial score (nSPS) is 40.8. The first-order valence-electron chi connectivity index (χ1n) is 17.7. The molecule has 0 aromatic carbocycles. The highest BCUT2D eigenvalue weighted by Crippen LogP contribution is 2.43. The number of hydrogen-bond acceptors (Lipinski definition) is 13. The van der Waals surface area contributed by atoms with Crippen LogP contribution in [-0.4, -0.2) is 139 Å². The fourth-order valence-corrected chi connectivity index (χ4v) is 7.52. The van der Waals surface area contributed by atoms with Crippen LogP contribution >= 0.6 is 0 Å². The molecule has 0 spiro atoms. The van der Waals surface area contributed by atoms with E-state index in [-0.39, 0.29) is 22.9 Å². The first-order chi connectivity index (χ1) is 22.4. The molecule has 0 radical (unpaired) electrons. The van der Waals surface area contributed by atoms with Crippen molar-refractivity contribution in [2.45, 2.75) is 173 Å². The summed E-state index contributed by atoms with van der Waals surface area (Å²) in [7, 11) is 0. The second kappa shape index (κ2) is 17.6. The van der Waals surface area contributed by atoms with Crippen LogP contribution in [0.15, 0.2) is 11.6 Å². The molecular weight excluding hydrogens is 628 g/mol. The van der Waals surface area contributed by atoms with E-state index in [0.29, 0.717) is 25.2 Å². The summed E-state index contributed by atoms with van der Waals surface area (Å²) < 4.78 is 22.9. The van der Waals surface area contributed by atoms with Crippen LogP contribution in [0.1, 0.15) is 93.4 Å². The van der Waals surface area contributed by atoms with Gasteiger partial charge < -0.3 is 64.9 Å². The van der Waals surface area contributed by atoms with Gasteiger partial charge >= 0.3 is 0 Å². The molecule has 0 amide bonds. The number of aliphatic hydroxyl groups is 9. The molecule has 0 aromatic rings. The maximum absolute atomic E-state index is 10.7. The molecule has 13 heteroatoms. The summed E-state index contributed by atoms with van der Waals surface area (Å²) in [5.74, 6) is 0.591. The molecule has 0 bridgehead atoms. The van der Waals surface area contributed by atoms with E-state index in [2.05, 4.69) is 33.8 Å². The molecule has 1 saturated carbocycles. The Morgan fingerprint density at radius 3 is 2.00 bits per heavy atom. The van der Waals surface area contributed by atoms with Crippen LogP contribution in [0.5, 0.6) is 0 Å². The molecule has 8 unspecified atom stereocenters. The third kappa shape index (κ3) is 9.96. The number of ether oxygens (including phenoxy) is 4. The number of rotatable bonds is 15. The van der Waals surface area contributed by atoms with Crippen LogP contribution in [0.3, 0.4) is 0 Å². The van der Waals surface area contributed by atoms with E-state index in [1.807, 2.05) is 20.8 Å². The molecule has 15 atom stereocenters. The van der Waals surface area contributed by atoms with Crippen molar-refractivity contribution in [2.24, 2.45) is 22.7 Å². The smallest absolute Gasteiger partial charge is 0.186 e. The Hall–Kier alpha value is -0.780. The molecule has 2 saturated heterocycles. The lowest BCUT2D eigenvalue weighted by molar-refractivity contribution is -0.336. The highest BCUT2D eigenvalue weighted by molar-refractivity contribution is 5.10. The lowest BCUT2D eigenvalue weighted by atomic mass is 9.66. The van der Waals surface area contributed by atoms with Gasteiger partial charge in [0.2, 0.25) is 0 Å². The number of aliphatic hydroxyl groups excluding tert-OH is 9. The van der Waals surface area contributed by atoms with Crippen LogP contribution in [0.4, 0.5) is 0 Å². The van der Waals surface area contributed by atoms with Crippen molar-refractivity contribution in [2.75, 3.05) is 13.2 Å². The number of hydrogen-bond donors (Lipinski definition) is 9. The summed E-state index contributed by atoms with van der Waals surface area (Å²) in [4.78, 5) is 0. The van der Waals surface area contributed by atoms with Crippen LogP contribution in [0.25, 0.3) is 0 Å². The van der Waals surface area contributed by atoms with Gasteiger partial charge in [0, 0.05) is 0 Å². The monoisotopic (exact) mass is 692 g/mol. The Kier molecular flexibility index (Phi) is 15.3. The van der Waals surface area contributed by atoms with Gasteiger partial charge in [0.25, 0.3) is 0 Å². The minimum atomic E-state index is -1.65. The molecule has 2 heterocycles. The summed E-state index contributed by atoms with van der Waals surface area (Å²) in [6.07, 6.45) is -8.82. The van der Waals surface area contributed by atoms with Crippen LogP contribution in [-0.2, 0) is 18.9 Å². The minimum Gasteiger partial charge on any atom is -0.394 e. The van der Waals surface area contributed by atoms with Crippen molar-refractivity contribution in [1.29, 1.82) is 0 Å². The standard InChI is InChI=1S/C35H64O13/c1-8-20(11-10-18(3)19-14-22(37)31(44)35(6,7)15-19)34(4,5)13-12-21(9-2)46-33-30(43)28(41)26(39)24(48-33)17-45-32-29(42)27(40)25(38)23(16-36)47-32/h10,19-33,36-44H,8-9,11-17H2,1-7H3/b18-10+/t19?,20?,21-,22-,23?,24?,25-,26-,27?,28?,29?,30?,31+,32-,33-/m1/s1. The van der Waals surface area contributed by atoms with E-state index in [1.165, 1.54) is 5.57 Å². The lowest BCUT2D eigenvalue weighted by Gasteiger charge is -2.43. The van der Waals surface area contributed by atoms with Crippen molar-refractivity contribution in [3.63, 3.8) is 0 Å². The van der Waals surface area contributed by atoms with Gasteiger partial charge in [-0.3, -0.25) is 0 Å². The molecule has 13 nitrogen and oxygen atoms in total. The molecule has 9 N–H and O–H groups in total. The topological polar surface area (TPSA) is 219 Å². The summed E-state index contributed by atoms with van der Waals surface area (Å²) >= 11 is 0. The molecule has 3 rings (SSSR count). The van der Waals surface area contributed by atoms with Gasteiger partial charge in [-0.15, -0.1) is 0 Å². The van der Waals surface area contributed by atoms with E-state index in [1.54, 1.807) is 0 Å². The van der Waals surface area contributed by atoms with Crippen LogP contribution in [0.2, 0.25) is 0 Å². The molecule has 2 aliphatic heterocycles. The van der Waals surface area contributed by atoms with Gasteiger partial charge in [0.1, 0.15) is 48.8 Å². The number of allylic oxidation sites excluding steroid dienone is 2. The van der Waals surface area contributed by atoms with Crippen molar-refractivity contribution in [3.8, 4) is 0 Å². The summed E-state index contributed by atoms with van der Waals surface area (Å²) in [6.45, 7) is 13.7. The second-order valence-electron chi connectivity index (χ2n) is 15.7. The highest BCUT2D eigenvalue weighted by atomic mass is 16.7.